The highest BCUT2D eigenvalue weighted by molar-refractivity contribution is 6.02. The molecule has 1 aromatic heterocycles. The second kappa shape index (κ2) is 9.95. The van der Waals surface area contributed by atoms with Crippen LogP contribution in [0.3, 0.4) is 0 Å². The molecule has 0 aliphatic rings. The molecule has 1 amide bonds. The van der Waals surface area contributed by atoms with Crippen molar-refractivity contribution in [3.63, 3.8) is 0 Å². The molecule has 5 heteroatoms. The molecule has 0 radical (unpaired) electrons. The summed E-state index contributed by atoms with van der Waals surface area (Å²) in [5, 5.41) is 2.95. The number of rotatable bonds is 10. The predicted molar refractivity (Wildman–Crippen MR) is 108 cm³/mol. The minimum atomic E-state index is -0.145. The van der Waals surface area contributed by atoms with E-state index >= 15 is 0 Å². The highest BCUT2D eigenvalue weighted by Gasteiger charge is 2.21. The number of H-pyrrole nitrogens is 1. The second-order valence-corrected chi connectivity index (χ2v) is 6.91. The SMILES string of the molecule is CCCc1c(C(=O)NCCCCOc2ccc(C)cc2)[nH]c(C)c1C(C)=O. The number of aryl methyl sites for hydroxylation is 2. The Morgan fingerprint density at radius 1 is 1.11 bits per heavy atom. The molecule has 0 fully saturated rings. The molecule has 0 saturated heterocycles. The lowest BCUT2D eigenvalue weighted by Crippen LogP contribution is -2.26. The van der Waals surface area contributed by atoms with Crippen LogP contribution in [0.1, 0.15) is 70.8 Å². The normalized spacial score (nSPS) is 10.7. The van der Waals surface area contributed by atoms with Gasteiger partial charge in [0.1, 0.15) is 11.4 Å². The van der Waals surface area contributed by atoms with Gasteiger partial charge in [0, 0.05) is 17.8 Å². The van der Waals surface area contributed by atoms with Gasteiger partial charge >= 0.3 is 0 Å². The lowest BCUT2D eigenvalue weighted by atomic mass is 10.0. The summed E-state index contributed by atoms with van der Waals surface area (Å²) in [5.41, 5.74) is 3.99. The number of amides is 1. The molecule has 2 aromatic rings. The highest BCUT2D eigenvalue weighted by Crippen LogP contribution is 2.21. The molecule has 0 aliphatic heterocycles. The number of benzene rings is 1. The van der Waals surface area contributed by atoms with E-state index in [9.17, 15) is 9.59 Å². The molecule has 27 heavy (non-hydrogen) atoms. The third kappa shape index (κ3) is 5.71. The Kier molecular flexibility index (Phi) is 7.65. The van der Waals surface area contributed by atoms with Crippen LogP contribution in [0, 0.1) is 13.8 Å². The molecule has 0 spiro atoms. The Hall–Kier alpha value is -2.56. The van der Waals surface area contributed by atoms with Gasteiger partial charge in [-0.1, -0.05) is 31.0 Å². The number of nitrogens with one attached hydrogen (secondary N) is 2. The zero-order valence-corrected chi connectivity index (χ0v) is 16.8. The number of Topliss-reactive ketones (excluding diaryl/α,β-unsaturated/α-hetero) is 1. The Morgan fingerprint density at radius 2 is 1.81 bits per heavy atom. The van der Waals surface area contributed by atoms with Crippen LogP contribution in [0.5, 0.6) is 5.75 Å². The number of carbonyl (C=O) groups excluding carboxylic acids is 2. The van der Waals surface area contributed by atoms with Gasteiger partial charge in [0.25, 0.3) is 5.91 Å². The molecular weight excluding hydrogens is 340 g/mol. The van der Waals surface area contributed by atoms with Crippen LogP contribution >= 0.6 is 0 Å². The van der Waals surface area contributed by atoms with Crippen LogP contribution < -0.4 is 10.1 Å². The van der Waals surface area contributed by atoms with Crippen molar-refractivity contribution in [1.82, 2.24) is 10.3 Å². The average molecular weight is 370 g/mol. The van der Waals surface area contributed by atoms with Crippen LogP contribution in [-0.2, 0) is 6.42 Å². The largest absolute Gasteiger partial charge is 0.494 e. The average Bonchev–Trinajstić information content (AvgIpc) is 2.96. The second-order valence-electron chi connectivity index (χ2n) is 6.91. The van der Waals surface area contributed by atoms with Gasteiger partial charge < -0.3 is 15.0 Å². The predicted octanol–water partition coefficient (Wildman–Crippen LogP) is 4.38. The van der Waals surface area contributed by atoms with Crippen molar-refractivity contribution in [2.45, 2.75) is 53.4 Å². The summed E-state index contributed by atoms with van der Waals surface area (Å²) in [7, 11) is 0. The first-order valence-electron chi connectivity index (χ1n) is 9.64. The van der Waals surface area contributed by atoms with Crippen LogP contribution in [0.25, 0.3) is 0 Å². The molecule has 0 unspecified atom stereocenters. The van der Waals surface area contributed by atoms with Gasteiger partial charge in [-0.25, -0.2) is 0 Å². The Morgan fingerprint density at radius 3 is 2.44 bits per heavy atom. The van der Waals surface area contributed by atoms with Crippen molar-refractivity contribution < 1.29 is 14.3 Å². The molecule has 1 heterocycles. The summed E-state index contributed by atoms with van der Waals surface area (Å²) >= 11 is 0. The fraction of sp³-hybridized carbons (Fsp3) is 0.455. The fourth-order valence-electron chi connectivity index (χ4n) is 3.19. The third-order valence-electron chi connectivity index (χ3n) is 4.52. The third-order valence-corrected chi connectivity index (χ3v) is 4.52. The van der Waals surface area contributed by atoms with Gasteiger partial charge in [-0.3, -0.25) is 9.59 Å². The van der Waals surface area contributed by atoms with Gasteiger partial charge in [0.15, 0.2) is 5.78 Å². The van der Waals surface area contributed by atoms with Crippen molar-refractivity contribution in [3.8, 4) is 5.75 Å². The molecule has 5 nitrogen and oxygen atoms in total. The van der Waals surface area contributed by atoms with Crippen molar-refractivity contribution in [2.24, 2.45) is 0 Å². The van der Waals surface area contributed by atoms with Gasteiger partial charge in [0.2, 0.25) is 0 Å². The van der Waals surface area contributed by atoms with Gasteiger partial charge in [-0.2, -0.15) is 0 Å². The number of unbranched alkanes of at least 4 members (excludes halogenated alkanes) is 1. The van der Waals surface area contributed by atoms with E-state index < -0.39 is 0 Å². The Bertz CT molecular complexity index is 776. The number of aromatic amines is 1. The number of hydrogen-bond acceptors (Lipinski definition) is 3. The van der Waals surface area contributed by atoms with E-state index in [4.69, 9.17) is 4.74 Å². The fourth-order valence-corrected chi connectivity index (χ4v) is 3.19. The summed E-state index contributed by atoms with van der Waals surface area (Å²) in [6.07, 6.45) is 3.29. The number of ether oxygens (including phenoxy) is 1. The molecule has 2 N–H and O–H groups in total. The maximum absolute atomic E-state index is 12.5. The van der Waals surface area contributed by atoms with Crippen LogP contribution in [-0.4, -0.2) is 29.8 Å². The molecular formula is C22H30N2O3. The zero-order valence-electron chi connectivity index (χ0n) is 16.8. The van der Waals surface area contributed by atoms with Crippen molar-refractivity contribution in [1.29, 1.82) is 0 Å². The van der Waals surface area contributed by atoms with Crippen LogP contribution in [0.15, 0.2) is 24.3 Å². The lowest BCUT2D eigenvalue weighted by Gasteiger charge is -2.08. The van der Waals surface area contributed by atoms with Crippen LogP contribution in [0.2, 0.25) is 0 Å². The molecule has 0 aliphatic carbocycles. The maximum Gasteiger partial charge on any atom is 0.268 e. The quantitative estimate of drug-likeness (QED) is 0.482. The van der Waals surface area contributed by atoms with Crippen molar-refractivity contribution >= 4 is 11.7 Å². The molecule has 146 valence electrons. The summed E-state index contributed by atoms with van der Waals surface area (Å²) in [6, 6.07) is 7.98. The monoisotopic (exact) mass is 370 g/mol. The minimum Gasteiger partial charge on any atom is -0.494 e. The molecule has 1 aromatic carbocycles. The first-order chi connectivity index (χ1) is 12.9. The van der Waals surface area contributed by atoms with Gasteiger partial charge in [-0.05, 0) is 57.7 Å². The number of carbonyl (C=O) groups is 2. The van der Waals surface area contributed by atoms with E-state index in [0.717, 1.165) is 36.3 Å². The summed E-state index contributed by atoms with van der Waals surface area (Å²) in [5.74, 6) is 0.723. The maximum atomic E-state index is 12.5. The molecule has 0 atom stereocenters. The smallest absolute Gasteiger partial charge is 0.268 e. The summed E-state index contributed by atoms with van der Waals surface area (Å²) in [4.78, 5) is 27.5. The van der Waals surface area contributed by atoms with E-state index in [2.05, 4.69) is 10.3 Å². The summed E-state index contributed by atoms with van der Waals surface area (Å²) < 4.78 is 5.69. The molecule has 0 saturated carbocycles. The highest BCUT2D eigenvalue weighted by atomic mass is 16.5. The zero-order chi connectivity index (χ0) is 19.8. The number of ketones is 1. The Labute approximate surface area is 161 Å². The standard InChI is InChI=1S/C22H30N2O3/c1-5-8-19-20(17(4)25)16(3)24-21(19)22(26)23-13-6-7-14-27-18-11-9-15(2)10-12-18/h9-12,24H,5-8,13-14H2,1-4H3,(H,23,26). The Balaban J connectivity index is 1.81. The van der Waals surface area contributed by atoms with E-state index in [1.165, 1.54) is 5.56 Å². The summed E-state index contributed by atoms with van der Waals surface area (Å²) in [6.45, 7) is 8.68. The van der Waals surface area contributed by atoms with Crippen LogP contribution in [0.4, 0.5) is 0 Å². The van der Waals surface area contributed by atoms with E-state index in [1.807, 2.05) is 45.0 Å². The van der Waals surface area contributed by atoms with Crippen molar-refractivity contribution in [3.05, 3.63) is 52.3 Å². The van der Waals surface area contributed by atoms with Gasteiger partial charge in [-0.15, -0.1) is 0 Å². The van der Waals surface area contributed by atoms with E-state index in [-0.39, 0.29) is 11.7 Å². The number of aromatic nitrogens is 1. The number of hydrogen-bond donors (Lipinski definition) is 2. The van der Waals surface area contributed by atoms with E-state index in [1.54, 1.807) is 6.92 Å². The lowest BCUT2D eigenvalue weighted by molar-refractivity contribution is 0.0946. The minimum absolute atomic E-state index is 0.000459. The van der Waals surface area contributed by atoms with E-state index in [0.29, 0.717) is 30.8 Å². The topological polar surface area (TPSA) is 71.2 Å². The first-order valence-corrected chi connectivity index (χ1v) is 9.64. The van der Waals surface area contributed by atoms with Gasteiger partial charge in [0.05, 0.1) is 6.61 Å². The first kappa shape index (κ1) is 20.7. The molecule has 0 bridgehead atoms. The molecule has 2 rings (SSSR count). The van der Waals surface area contributed by atoms with Crippen molar-refractivity contribution in [2.75, 3.05) is 13.2 Å².